The van der Waals surface area contributed by atoms with Gasteiger partial charge in [0.05, 0.1) is 17.2 Å². The van der Waals surface area contributed by atoms with Crippen molar-refractivity contribution in [3.05, 3.63) is 53.1 Å². The van der Waals surface area contributed by atoms with Crippen LogP contribution in [0.1, 0.15) is 28.9 Å². The third kappa shape index (κ3) is 3.48. The lowest BCUT2D eigenvalue weighted by molar-refractivity contribution is -0.00513. The monoisotopic (exact) mass is 347 g/mol. The highest BCUT2D eigenvalue weighted by Gasteiger charge is 2.32. The fraction of sp³-hybridized carbons (Fsp3) is 0.412. The van der Waals surface area contributed by atoms with E-state index < -0.39 is 10.0 Å². The number of aryl methyl sites for hydroxylation is 3. The van der Waals surface area contributed by atoms with Crippen molar-refractivity contribution in [1.82, 2.24) is 14.3 Å². The molecule has 0 amide bonds. The Bertz CT molecular complexity index is 814. The zero-order chi connectivity index (χ0) is 17.3. The molecule has 1 atom stereocenters. The standard InChI is InChI=1S/C17H21N3O3S/c1-12-4-6-15(7-5-12)24(21,22)20-8-9-23-17(11-20)16-10-13(2)18-14(3)19-16/h4-7,10,17H,8-9,11H2,1-3H3. The summed E-state index contributed by atoms with van der Waals surface area (Å²) in [5.41, 5.74) is 2.60. The third-order valence-corrected chi connectivity index (χ3v) is 5.88. The van der Waals surface area contributed by atoms with Crippen LogP contribution in [0.15, 0.2) is 35.2 Å². The Hall–Kier alpha value is -1.83. The van der Waals surface area contributed by atoms with E-state index in [0.29, 0.717) is 23.9 Å². The van der Waals surface area contributed by atoms with Crippen LogP contribution in [0.4, 0.5) is 0 Å². The molecule has 1 aliphatic rings. The number of ether oxygens (including phenoxy) is 1. The lowest BCUT2D eigenvalue weighted by atomic mass is 10.2. The van der Waals surface area contributed by atoms with Gasteiger partial charge in [-0.05, 0) is 39.0 Å². The van der Waals surface area contributed by atoms with Crippen LogP contribution in [0.3, 0.4) is 0 Å². The van der Waals surface area contributed by atoms with E-state index >= 15 is 0 Å². The zero-order valence-corrected chi connectivity index (χ0v) is 14.9. The minimum Gasteiger partial charge on any atom is -0.369 e. The molecule has 2 aromatic rings. The summed E-state index contributed by atoms with van der Waals surface area (Å²) < 4.78 is 32.9. The molecule has 0 bridgehead atoms. The number of aromatic nitrogens is 2. The first-order valence-corrected chi connectivity index (χ1v) is 9.31. The summed E-state index contributed by atoms with van der Waals surface area (Å²) in [5.74, 6) is 0.659. The highest BCUT2D eigenvalue weighted by Crippen LogP contribution is 2.26. The molecular formula is C17H21N3O3S. The van der Waals surface area contributed by atoms with Crippen molar-refractivity contribution < 1.29 is 13.2 Å². The first-order chi connectivity index (χ1) is 11.4. The molecule has 1 unspecified atom stereocenters. The summed E-state index contributed by atoms with van der Waals surface area (Å²) in [6.07, 6.45) is -0.376. The minimum atomic E-state index is -3.53. The van der Waals surface area contributed by atoms with Gasteiger partial charge in [-0.3, -0.25) is 0 Å². The number of nitrogens with zero attached hydrogens (tertiary/aromatic N) is 3. The molecule has 0 N–H and O–H groups in total. The molecule has 7 heteroatoms. The van der Waals surface area contributed by atoms with Gasteiger partial charge < -0.3 is 4.74 Å². The molecule has 0 spiro atoms. The van der Waals surface area contributed by atoms with Gasteiger partial charge in [0.1, 0.15) is 11.9 Å². The number of sulfonamides is 1. The van der Waals surface area contributed by atoms with Crippen LogP contribution in [0.2, 0.25) is 0 Å². The van der Waals surface area contributed by atoms with Gasteiger partial charge in [0, 0.05) is 18.8 Å². The van der Waals surface area contributed by atoms with Crippen molar-refractivity contribution in [2.45, 2.75) is 31.8 Å². The van der Waals surface area contributed by atoms with Gasteiger partial charge in [-0.15, -0.1) is 0 Å². The van der Waals surface area contributed by atoms with Crippen LogP contribution in [0.25, 0.3) is 0 Å². The van der Waals surface area contributed by atoms with Crippen molar-refractivity contribution in [1.29, 1.82) is 0 Å². The first-order valence-electron chi connectivity index (χ1n) is 7.87. The Kier molecular flexibility index (Phi) is 4.67. The van der Waals surface area contributed by atoms with Crippen LogP contribution in [0, 0.1) is 20.8 Å². The largest absolute Gasteiger partial charge is 0.369 e. The number of hydrogen-bond donors (Lipinski definition) is 0. The van der Waals surface area contributed by atoms with E-state index in [4.69, 9.17) is 4.74 Å². The summed E-state index contributed by atoms with van der Waals surface area (Å²) in [6, 6.07) is 8.76. The second-order valence-corrected chi connectivity index (χ2v) is 7.95. The van der Waals surface area contributed by atoms with Crippen LogP contribution in [0.5, 0.6) is 0 Å². The molecule has 1 fully saturated rings. The average Bonchev–Trinajstić information content (AvgIpc) is 2.54. The molecule has 24 heavy (non-hydrogen) atoms. The maximum atomic E-state index is 12.8. The summed E-state index contributed by atoms with van der Waals surface area (Å²) in [7, 11) is -3.53. The Morgan fingerprint density at radius 2 is 1.83 bits per heavy atom. The summed E-state index contributed by atoms with van der Waals surface area (Å²) in [4.78, 5) is 8.96. The number of morpholine rings is 1. The lowest BCUT2D eigenvalue weighted by Crippen LogP contribution is -2.42. The van der Waals surface area contributed by atoms with Gasteiger partial charge in [0.25, 0.3) is 0 Å². The fourth-order valence-corrected chi connectivity index (χ4v) is 4.22. The van der Waals surface area contributed by atoms with E-state index in [1.165, 1.54) is 4.31 Å². The number of rotatable bonds is 3. The number of benzene rings is 1. The fourth-order valence-electron chi connectivity index (χ4n) is 2.79. The highest BCUT2D eigenvalue weighted by atomic mass is 32.2. The molecule has 6 nitrogen and oxygen atoms in total. The van der Waals surface area contributed by atoms with Gasteiger partial charge in [-0.25, -0.2) is 18.4 Å². The van der Waals surface area contributed by atoms with Gasteiger partial charge in [0.15, 0.2) is 0 Å². The summed E-state index contributed by atoms with van der Waals surface area (Å²) in [5, 5.41) is 0. The van der Waals surface area contributed by atoms with Crippen molar-refractivity contribution in [2.24, 2.45) is 0 Å². The van der Waals surface area contributed by atoms with E-state index in [2.05, 4.69) is 9.97 Å². The topological polar surface area (TPSA) is 72.4 Å². The predicted octanol–water partition coefficient (Wildman–Crippen LogP) is 2.16. The van der Waals surface area contributed by atoms with Gasteiger partial charge in [0.2, 0.25) is 10.0 Å². The molecule has 1 aromatic heterocycles. The molecule has 0 aliphatic carbocycles. The normalized spacial score (nSPS) is 19.4. The van der Waals surface area contributed by atoms with Crippen molar-refractivity contribution >= 4 is 10.0 Å². The molecule has 0 saturated carbocycles. The third-order valence-electron chi connectivity index (χ3n) is 4.00. The maximum absolute atomic E-state index is 12.8. The molecule has 2 heterocycles. The van der Waals surface area contributed by atoms with Crippen molar-refractivity contribution in [2.75, 3.05) is 19.7 Å². The van der Waals surface area contributed by atoms with Crippen LogP contribution in [-0.4, -0.2) is 42.4 Å². The van der Waals surface area contributed by atoms with Crippen LogP contribution in [-0.2, 0) is 14.8 Å². The molecule has 1 aliphatic heterocycles. The summed E-state index contributed by atoms with van der Waals surface area (Å²) in [6.45, 7) is 6.59. The molecule has 0 radical (unpaired) electrons. The molecule has 128 valence electrons. The van der Waals surface area contributed by atoms with Gasteiger partial charge in [-0.2, -0.15) is 4.31 Å². The molecular weight excluding hydrogens is 326 g/mol. The predicted molar refractivity (Wildman–Crippen MR) is 90.1 cm³/mol. The minimum absolute atomic E-state index is 0.256. The SMILES string of the molecule is Cc1ccc(S(=O)(=O)N2CCOC(c3cc(C)nc(C)n3)C2)cc1. The Balaban J connectivity index is 1.86. The molecule has 3 rings (SSSR count). The second kappa shape index (κ2) is 6.58. The maximum Gasteiger partial charge on any atom is 0.243 e. The first kappa shape index (κ1) is 17.0. The van der Waals surface area contributed by atoms with Crippen molar-refractivity contribution in [3.8, 4) is 0 Å². The smallest absolute Gasteiger partial charge is 0.243 e. The second-order valence-electron chi connectivity index (χ2n) is 6.02. The van der Waals surface area contributed by atoms with E-state index in [-0.39, 0.29) is 12.6 Å². The lowest BCUT2D eigenvalue weighted by Gasteiger charge is -2.32. The summed E-state index contributed by atoms with van der Waals surface area (Å²) >= 11 is 0. The Morgan fingerprint density at radius 1 is 1.12 bits per heavy atom. The van der Waals surface area contributed by atoms with E-state index in [1.54, 1.807) is 12.1 Å². The van der Waals surface area contributed by atoms with Gasteiger partial charge in [-0.1, -0.05) is 17.7 Å². The Morgan fingerprint density at radius 3 is 2.50 bits per heavy atom. The Labute approximate surface area is 142 Å². The molecule has 1 aromatic carbocycles. The van der Waals surface area contributed by atoms with E-state index in [1.807, 2.05) is 39.0 Å². The highest BCUT2D eigenvalue weighted by molar-refractivity contribution is 7.89. The average molecular weight is 347 g/mol. The zero-order valence-electron chi connectivity index (χ0n) is 14.1. The number of hydrogen-bond acceptors (Lipinski definition) is 5. The van der Waals surface area contributed by atoms with Crippen LogP contribution < -0.4 is 0 Å². The molecule has 1 saturated heterocycles. The van der Waals surface area contributed by atoms with E-state index in [9.17, 15) is 8.42 Å². The quantitative estimate of drug-likeness (QED) is 0.851. The van der Waals surface area contributed by atoms with Gasteiger partial charge >= 0.3 is 0 Å². The van der Waals surface area contributed by atoms with E-state index in [0.717, 1.165) is 17.0 Å². The van der Waals surface area contributed by atoms with Crippen molar-refractivity contribution in [3.63, 3.8) is 0 Å². The van der Waals surface area contributed by atoms with Crippen LogP contribution >= 0.6 is 0 Å².